The summed E-state index contributed by atoms with van der Waals surface area (Å²) in [5.74, 6) is 0.724. The summed E-state index contributed by atoms with van der Waals surface area (Å²) in [5, 5.41) is 12.0. The average molecular weight is 535 g/mol. The third-order valence-corrected chi connectivity index (χ3v) is 7.75. The first kappa shape index (κ1) is 25.1. The third-order valence-electron chi connectivity index (χ3n) is 7.75. The van der Waals surface area contributed by atoms with Gasteiger partial charge in [-0.3, -0.25) is 4.68 Å². The SMILES string of the molecule is CNC(=O)N1CCc2c(c(N3CCCc4cc(-c5cnn(C)c5)c(C(F)F)cc43)nn2C2=CCN(C)C=C2)C1. The van der Waals surface area contributed by atoms with Crippen LogP contribution in [0.5, 0.6) is 0 Å². The fourth-order valence-electron chi connectivity index (χ4n) is 5.75. The van der Waals surface area contributed by atoms with Gasteiger partial charge in [0.2, 0.25) is 0 Å². The first-order chi connectivity index (χ1) is 18.8. The van der Waals surface area contributed by atoms with Crippen molar-refractivity contribution in [3.05, 3.63) is 65.3 Å². The van der Waals surface area contributed by atoms with E-state index in [9.17, 15) is 13.6 Å². The van der Waals surface area contributed by atoms with E-state index in [4.69, 9.17) is 5.10 Å². The zero-order valence-electron chi connectivity index (χ0n) is 22.4. The van der Waals surface area contributed by atoms with Gasteiger partial charge < -0.3 is 20.0 Å². The molecule has 0 unspecified atom stereocenters. The molecule has 3 aliphatic rings. The van der Waals surface area contributed by atoms with E-state index in [-0.39, 0.29) is 11.6 Å². The van der Waals surface area contributed by atoms with Gasteiger partial charge in [0.25, 0.3) is 6.43 Å². The lowest BCUT2D eigenvalue weighted by atomic mass is 9.92. The molecule has 11 heteroatoms. The number of halogens is 2. The van der Waals surface area contributed by atoms with Crippen molar-refractivity contribution in [3.63, 3.8) is 0 Å². The Balaban J connectivity index is 1.48. The van der Waals surface area contributed by atoms with E-state index in [1.165, 1.54) is 0 Å². The number of allylic oxidation sites excluding steroid dienone is 2. The Hall–Kier alpha value is -4.15. The first-order valence-electron chi connectivity index (χ1n) is 13.2. The highest BCUT2D eigenvalue weighted by molar-refractivity contribution is 5.78. The van der Waals surface area contributed by atoms with Crippen LogP contribution in [-0.2, 0) is 26.4 Å². The number of carbonyl (C=O) groups is 1. The first-order valence-corrected chi connectivity index (χ1v) is 13.2. The number of hydrogen-bond acceptors (Lipinski definition) is 5. The van der Waals surface area contributed by atoms with Gasteiger partial charge in [-0.05, 0) is 48.3 Å². The smallest absolute Gasteiger partial charge is 0.317 e. The van der Waals surface area contributed by atoms with Crippen molar-refractivity contribution in [2.45, 2.75) is 32.2 Å². The molecule has 6 rings (SSSR count). The van der Waals surface area contributed by atoms with Crippen LogP contribution in [0, 0.1) is 0 Å². The van der Waals surface area contributed by atoms with Crippen LogP contribution in [0.25, 0.3) is 16.8 Å². The molecule has 1 aromatic carbocycles. The maximum atomic E-state index is 14.4. The van der Waals surface area contributed by atoms with Gasteiger partial charge in [-0.25, -0.2) is 18.3 Å². The van der Waals surface area contributed by atoms with Crippen molar-refractivity contribution in [2.24, 2.45) is 7.05 Å². The second-order valence-electron chi connectivity index (χ2n) is 10.3. The van der Waals surface area contributed by atoms with E-state index in [1.807, 2.05) is 30.1 Å². The maximum Gasteiger partial charge on any atom is 0.317 e. The van der Waals surface area contributed by atoms with Crippen LogP contribution < -0.4 is 10.2 Å². The van der Waals surface area contributed by atoms with Crippen LogP contribution in [0.1, 0.15) is 35.2 Å². The lowest BCUT2D eigenvalue weighted by molar-refractivity contribution is 0.152. The number of carbonyl (C=O) groups excluding carboxylic acids is 1. The number of nitrogens with one attached hydrogen (secondary N) is 1. The predicted molar refractivity (Wildman–Crippen MR) is 146 cm³/mol. The van der Waals surface area contributed by atoms with E-state index in [0.717, 1.165) is 53.4 Å². The van der Waals surface area contributed by atoms with Crippen LogP contribution in [0.2, 0.25) is 0 Å². The highest BCUT2D eigenvalue weighted by Crippen LogP contribution is 2.43. The quantitative estimate of drug-likeness (QED) is 0.540. The van der Waals surface area contributed by atoms with E-state index < -0.39 is 6.43 Å². The summed E-state index contributed by atoms with van der Waals surface area (Å²) in [7, 11) is 5.42. The Morgan fingerprint density at radius 1 is 1.15 bits per heavy atom. The number of rotatable bonds is 4. The van der Waals surface area contributed by atoms with Gasteiger partial charge in [0.15, 0.2) is 5.82 Å². The Morgan fingerprint density at radius 3 is 2.69 bits per heavy atom. The van der Waals surface area contributed by atoms with Crippen molar-refractivity contribution in [1.82, 2.24) is 34.7 Å². The summed E-state index contributed by atoms with van der Waals surface area (Å²) < 4.78 is 32.4. The molecule has 1 N–H and O–H groups in total. The van der Waals surface area contributed by atoms with Gasteiger partial charge in [0.1, 0.15) is 0 Å². The zero-order valence-corrected chi connectivity index (χ0v) is 22.4. The number of hydrogen-bond donors (Lipinski definition) is 1. The summed E-state index contributed by atoms with van der Waals surface area (Å²) in [4.78, 5) is 18.5. The largest absolute Gasteiger partial charge is 0.377 e. The standard InChI is InChI=1S/C28H32F2N8O/c1-31-28(39)36-12-8-24-23(17-36)27(33-38(24)20-6-10-34(2)11-7-20)37-9-4-5-18-13-21(19-15-32-35(3)16-19)22(26(29)30)14-25(18)37/h6-7,10,13-16,26H,4-5,8-9,11-12,17H2,1-3H3,(H,31,39). The lowest BCUT2D eigenvalue weighted by Gasteiger charge is -2.33. The molecule has 0 fully saturated rings. The van der Waals surface area contributed by atoms with Crippen molar-refractivity contribution in [1.29, 1.82) is 0 Å². The number of aromatic nitrogens is 4. The Labute approximate surface area is 226 Å². The number of likely N-dealkylation sites (N-methyl/N-ethyl adjacent to an activating group) is 1. The zero-order chi connectivity index (χ0) is 27.3. The van der Waals surface area contributed by atoms with E-state index in [0.29, 0.717) is 37.2 Å². The summed E-state index contributed by atoms with van der Waals surface area (Å²) >= 11 is 0. The molecule has 2 aromatic heterocycles. The number of aryl methyl sites for hydroxylation is 2. The van der Waals surface area contributed by atoms with Crippen LogP contribution in [0.3, 0.4) is 0 Å². The van der Waals surface area contributed by atoms with Crippen molar-refractivity contribution in [3.8, 4) is 11.1 Å². The minimum absolute atomic E-state index is 0.0186. The van der Waals surface area contributed by atoms with Crippen molar-refractivity contribution in [2.75, 3.05) is 38.6 Å². The number of alkyl halides is 2. The molecule has 0 aliphatic carbocycles. The van der Waals surface area contributed by atoms with Crippen molar-refractivity contribution < 1.29 is 13.6 Å². The molecule has 3 aliphatic heterocycles. The Kier molecular flexibility index (Phi) is 6.36. The normalized spacial score (nSPS) is 16.9. The topological polar surface area (TPSA) is 74.5 Å². The molecule has 9 nitrogen and oxygen atoms in total. The van der Waals surface area contributed by atoms with Crippen LogP contribution in [0.4, 0.5) is 25.1 Å². The Morgan fingerprint density at radius 2 is 2.00 bits per heavy atom. The minimum Gasteiger partial charge on any atom is -0.377 e. The molecule has 2 amide bonds. The van der Waals surface area contributed by atoms with Gasteiger partial charge >= 0.3 is 6.03 Å². The number of benzene rings is 1. The predicted octanol–water partition coefficient (Wildman–Crippen LogP) is 4.30. The number of nitrogens with zero attached hydrogens (tertiary/aromatic N) is 7. The molecule has 0 bridgehead atoms. The highest BCUT2D eigenvalue weighted by Gasteiger charge is 2.33. The molecule has 0 spiro atoms. The van der Waals surface area contributed by atoms with Gasteiger partial charge in [-0.1, -0.05) is 0 Å². The van der Waals surface area contributed by atoms with E-state index >= 15 is 0 Å². The summed E-state index contributed by atoms with van der Waals surface area (Å²) in [6.07, 6.45) is 9.24. The minimum atomic E-state index is -2.64. The van der Waals surface area contributed by atoms with Gasteiger partial charge in [0, 0.05) is 82.0 Å². The van der Waals surface area contributed by atoms with Gasteiger partial charge in [-0.15, -0.1) is 5.10 Å². The molecule has 0 radical (unpaired) electrons. The number of fused-ring (bicyclic) bond motifs is 2. The van der Waals surface area contributed by atoms with E-state index in [2.05, 4.69) is 26.3 Å². The van der Waals surface area contributed by atoms with Crippen LogP contribution in [0.15, 0.2) is 42.9 Å². The van der Waals surface area contributed by atoms with Crippen molar-refractivity contribution >= 4 is 23.2 Å². The summed E-state index contributed by atoms with van der Waals surface area (Å²) in [6, 6.07) is 3.38. The summed E-state index contributed by atoms with van der Waals surface area (Å²) in [5.41, 5.74) is 5.91. The second kappa shape index (κ2) is 9.87. The van der Waals surface area contributed by atoms with E-state index in [1.54, 1.807) is 42.1 Å². The van der Waals surface area contributed by atoms with Crippen LogP contribution in [-0.4, -0.2) is 69.1 Å². The highest BCUT2D eigenvalue weighted by atomic mass is 19.3. The fraction of sp³-hybridized carbons (Fsp3) is 0.393. The molecule has 0 atom stereocenters. The monoisotopic (exact) mass is 534 g/mol. The third kappa shape index (κ3) is 4.45. The molecule has 0 saturated heterocycles. The second-order valence-corrected chi connectivity index (χ2v) is 10.3. The maximum absolute atomic E-state index is 14.4. The molecule has 3 aromatic rings. The van der Waals surface area contributed by atoms with Crippen LogP contribution >= 0.6 is 0 Å². The molecular weight excluding hydrogens is 502 g/mol. The summed E-state index contributed by atoms with van der Waals surface area (Å²) in [6.45, 7) is 2.41. The average Bonchev–Trinajstić information content (AvgIpc) is 3.55. The Bertz CT molecular complexity index is 1490. The molecule has 5 heterocycles. The van der Waals surface area contributed by atoms with Gasteiger partial charge in [0.05, 0.1) is 24.1 Å². The number of amides is 2. The molecular formula is C28H32F2N8O. The molecule has 0 saturated carbocycles. The molecule has 204 valence electrons. The number of urea groups is 1. The number of anilines is 2. The lowest BCUT2D eigenvalue weighted by Crippen LogP contribution is -2.41. The fourth-order valence-corrected chi connectivity index (χ4v) is 5.75. The molecule has 39 heavy (non-hydrogen) atoms. The van der Waals surface area contributed by atoms with Gasteiger partial charge in [-0.2, -0.15) is 5.10 Å².